The Balaban J connectivity index is 0.00000242. The van der Waals surface area contributed by atoms with Gasteiger partial charge in [-0.25, -0.2) is 0 Å². The second-order valence-corrected chi connectivity index (χ2v) is 6.63. The molecule has 1 aromatic heterocycles. The summed E-state index contributed by atoms with van der Waals surface area (Å²) >= 11 is 1.90. The van der Waals surface area contributed by atoms with Crippen LogP contribution in [-0.4, -0.2) is 59.3 Å². The summed E-state index contributed by atoms with van der Waals surface area (Å²) in [6.07, 6.45) is 9.80. The number of aromatic nitrogens is 2. The predicted molar refractivity (Wildman–Crippen MR) is 106 cm³/mol. The molecule has 126 valence electrons. The minimum atomic E-state index is 0. The number of thioether (sulfide) groups is 1. The molecule has 2 rings (SSSR count). The normalized spacial score (nSPS) is 18.4. The highest BCUT2D eigenvalue weighted by atomic mass is 127. The predicted octanol–water partition coefficient (Wildman–Crippen LogP) is 2.23. The van der Waals surface area contributed by atoms with Crippen molar-refractivity contribution in [2.75, 3.05) is 38.7 Å². The van der Waals surface area contributed by atoms with Gasteiger partial charge in [-0.2, -0.15) is 16.9 Å². The Labute approximate surface area is 155 Å². The molecule has 0 spiro atoms. The third-order valence-electron chi connectivity index (χ3n) is 3.89. The number of rotatable bonds is 6. The summed E-state index contributed by atoms with van der Waals surface area (Å²) in [6, 6.07) is 0. The largest absolute Gasteiger partial charge is 0.356 e. The quantitative estimate of drug-likeness (QED) is 0.321. The van der Waals surface area contributed by atoms with E-state index in [-0.39, 0.29) is 24.0 Å². The first-order valence-corrected chi connectivity index (χ1v) is 9.04. The van der Waals surface area contributed by atoms with Crippen molar-refractivity contribution < 1.29 is 0 Å². The van der Waals surface area contributed by atoms with Crippen LogP contribution in [0.5, 0.6) is 0 Å². The zero-order valence-electron chi connectivity index (χ0n) is 13.8. The molecule has 0 amide bonds. The molecule has 1 N–H and O–H groups in total. The van der Waals surface area contributed by atoms with Gasteiger partial charge in [-0.05, 0) is 42.8 Å². The average molecular weight is 437 g/mol. The lowest BCUT2D eigenvalue weighted by Crippen LogP contribution is -2.40. The van der Waals surface area contributed by atoms with Crippen LogP contribution in [0.3, 0.4) is 0 Å². The number of nitrogens with one attached hydrogen (secondary N) is 1. The third kappa shape index (κ3) is 5.98. The highest BCUT2D eigenvalue weighted by Gasteiger charge is 2.25. The molecule has 22 heavy (non-hydrogen) atoms. The number of guanidine groups is 1. The van der Waals surface area contributed by atoms with Crippen molar-refractivity contribution in [3.05, 3.63) is 18.0 Å². The highest BCUT2D eigenvalue weighted by Crippen LogP contribution is 2.20. The average Bonchev–Trinajstić information content (AvgIpc) is 3.09. The number of likely N-dealkylation sites (tertiary alicyclic amines) is 1. The molecule has 2 heterocycles. The Kier molecular flexibility index (Phi) is 9.23. The van der Waals surface area contributed by atoms with Crippen LogP contribution in [0.15, 0.2) is 17.4 Å². The molecule has 1 aliphatic rings. The maximum Gasteiger partial charge on any atom is 0.193 e. The summed E-state index contributed by atoms with van der Waals surface area (Å²) in [5, 5.41) is 7.73. The fourth-order valence-corrected chi connectivity index (χ4v) is 3.28. The fraction of sp³-hybridized carbons (Fsp3) is 0.733. The molecule has 0 saturated carbocycles. The van der Waals surface area contributed by atoms with E-state index >= 15 is 0 Å². The van der Waals surface area contributed by atoms with Gasteiger partial charge in [0.15, 0.2) is 5.96 Å². The van der Waals surface area contributed by atoms with Gasteiger partial charge in [-0.1, -0.05) is 0 Å². The van der Waals surface area contributed by atoms with Gasteiger partial charge in [0.05, 0.1) is 6.20 Å². The number of hydrogen-bond donors (Lipinski definition) is 1. The maximum absolute atomic E-state index is 4.42. The minimum absolute atomic E-state index is 0. The highest BCUT2D eigenvalue weighted by molar-refractivity contribution is 14.0. The second kappa shape index (κ2) is 10.4. The van der Waals surface area contributed by atoms with Crippen LogP contribution in [0.2, 0.25) is 0 Å². The van der Waals surface area contributed by atoms with Crippen molar-refractivity contribution in [2.24, 2.45) is 18.0 Å². The van der Waals surface area contributed by atoms with E-state index in [1.807, 2.05) is 36.7 Å². The van der Waals surface area contributed by atoms with E-state index in [0.717, 1.165) is 32.0 Å². The Morgan fingerprint density at radius 1 is 1.55 bits per heavy atom. The van der Waals surface area contributed by atoms with E-state index in [0.29, 0.717) is 5.92 Å². The lowest BCUT2D eigenvalue weighted by molar-refractivity contribution is 0.460. The van der Waals surface area contributed by atoms with Gasteiger partial charge >= 0.3 is 0 Å². The summed E-state index contributed by atoms with van der Waals surface area (Å²) in [7, 11) is 3.86. The lowest BCUT2D eigenvalue weighted by atomic mass is 10.0. The SMILES string of the molecule is CN=C(NCCCSC)N1CCC(Cc2cnn(C)c2)C1.I. The van der Waals surface area contributed by atoms with Crippen LogP contribution < -0.4 is 5.32 Å². The van der Waals surface area contributed by atoms with Crippen molar-refractivity contribution in [1.82, 2.24) is 20.0 Å². The first kappa shape index (κ1) is 19.6. The number of aliphatic imine (C=N–C) groups is 1. The molecule has 1 saturated heterocycles. The van der Waals surface area contributed by atoms with Crippen LogP contribution in [0.1, 0.15) is 18.4 Å². The minimum Gasteiger partial charge on any atom is -0.356 e. The third-order valence-corrected chi connectivity index (χ3v) is 4.59. The van der Waals surface area contributed by atoms with Crippen molar-refractivity contribution in [1.29, 1.82) is 0 Å². The molecule has 0 aromatic carbocycles. The van der Waals surface area contributed by atoms with Crippen molar-refractivity contribution >= 4 is 41.7 Å². The summed E-state index contributed by atoms with van der Waals surface area (Å²) in [6.45, 7) is 3.21. The zero-order chi connectivity index (χ0) is 15.1. The van der Waals surface area contributed by atoms with Crippen LogP contribution in [0.25, 0.3) is 0 Å². The van der Waals surface area contributed by atoms with Gasteiger partial charge in [-0.3, -0.25) is 9.67 Å². The first-order chi connectivity index (χ1) is 10.2. The van der Waals surface area contributed by atoms with E-state index in [9.17, 15) is 0 Å². The van der Waals surface area contributed by atoms with E-state index < -0.39 is 0 Å². The standard InChI is InChI=1S/C15H27N5S.HI/c1-16-15(17-6-4-8-21-3)20-7-5-13(12-20)9-14-10-18-19(2)11-14;/h10-11,13H,4-9,12H2,1-3H3,(H,16,17);1H. The van der Waals surface area contributed by atoms with E-state index in [4.69, 9.17) is 0 Å². The van der Waals surface area contributed by atoms with E-state index in [1.165, 1.54) is 24.2 Å². The van der Waals surface area contributed by atoms with Gasteiger partial charge in [0.2, 0.25) is 0 Å². The monoisotopic (exact) mass is 437 g/mol. The number of aryl methyl sites for hydroxylation is 1. The Morgan fingerprint density at radius 2 is 2.36 bits per heavy atom. The van der Waals surface area contributed by atoms with Crippen LogP contribution in [0, 0.1) is 5.92 Å². The number of halogens is 1. The first-order valence-electron chi connectivity index (χ1n) is 7.65. The van der Waals surface area contributed by atoms with Gasteiger partial charge in [0, 0.05) is 39.9 Å². The van der Waals surface area contributed by atoms with Crippen molar-refractivity contribution in [3.8, 4) is 0 Å². The molecule has 1 atom stereocenters. The molecule has 1 aliphatic heterocycles. The molecule has 0 aliphatic carbocycles. The van der Waals surface area contributed by atoms with E-state index in [2.05, 4.69) is 32.8 Å². The summed E-state index contributed by atoms with van der Waals surface area (Å²) < 4.78 is 1.88. The summed E-state index contributed by atoms with van der Waals surface area (Å²) in [5.74, 6) is 2.97. The Hall–Kier alpha value is -0.440. The molecule has 0 radical (unpaired) electrons. The van der Waals surface area contributed by atoms with Crippen LogP contribution in [0.4, 0.5) is 0 Å². The molecular weight excluding hydrogens is 409 g/mol. The van der Waals surface area contributed by atoms with E-state index in [1.54, 1.807) is 0 Å². The fourth-order valence-electron chi connectivity index (χ4n) is 2.85. The number of hydrogen-bond acceptors (Lipinski definition) is 3. The number of nitrogens with zero attached hydrogens (tertiary/aromatic N) is 4. The molecule has 1 fully saturated rings. The zero-order valence-corrected chi connectivity index (χ0v) is 16.9. The van der Waals surface area contributed by atoms with Crippen molar-refractivity contribution in [3.63, 3.8) is 0 Å². The van der Waals surface area contributed by atoms with Crippen LogP contribution >= 0.6 is 35.7 Å². The molecule has 5 nitrogen and oxygen atoms in total. The summed E-state index contributed by atoms with van der Waals surface area (Å²) in [5.41, 5.74) is 1.34. The van der Waals surface area contributed by atoms with Gasteiger partial charge in [-0.15, -0.1) is 24.0 Å². The van der Waals surface area contributed by atoms with Gasteiger partial charge in [0.25, 0.3) is 0 Å². The topological polar surface area (TPSA) is 45.5 Å². The smallest absolute Gasteiger partial charge is 0.193 e. The molecular formula is C15H28IN5S. The van der Waals surface area contributed by atoms with Crippen molar-refractivity contribution in [2.45, 2.75) is 19.3 Å². The second-order valence-electron chi connectivity index (χ2n) is 5.65. The van der Waals surface area contributed by atoms with Gasteiger partial charge < -0.3 is 10.2 Å². The van der Waals surface area contributed by atoms with Gasteiger partial charge in [0.1, 0.15) is 0 Å². The molecule has 1 unspecified atom stereocenters. The maximum atomic E-state index is 4.42. The lowest BCUT2D eigenvalue weighted by Gasteiger charge is -2.21. The Morgan fingerprint density at radius 3 is 3.00 bits per heavy atom. The van der Waals surface area contributed by atoms with Crippen LogP contribution in [-0.2, 0) is 13.5 Å². The molecule has 1 aromatic rings. The molecule has 7 heteroatoms. The summed E-state index contributed by atoms with van der Waals surface area (Å²) in [4.78, 5) is 6.81. The molecule has 0 bridgehead atoms. The Bertz CT molecular complexity index is 463.